The molecule has 1 rings (SSSR count). The number of hydrogen-bond donors (Lipinski definition) is 1. The third-order valence-corrected chi connectivity index (χ3v) is 1.36. The number of hydrogen-bond acceptors (Lipinski definition) is 1. The molecule has 0 fully saturated rings. The van der Waals surface area contributed by atoms with Gasteiger partial charge in [-0.1, -0.05) is 20.8 Å². The molecule has 1 aromatic rings. The van der Waals surface area contributed by atoms with Crippen LogP contribution in [0, 0.1) is 0 Å². The number of H-pyrrole nitrogens is 1. The van der Waals surface area contributed by atoms with Crippen LogP contribution >= 0.6 is 12.4 Å². The molecule has 10 heavy (non-hydrogen) atoms. The fourth-order valence-corrected chi connectivity index (χ4v) is 0.661. The molecule has 58 valence electrons. The number of rotatable bonds is 0. The Hall–Kier alpha value is -0.500. The van der Waals surface area contributed by atoms with Crippen LogP contribution in [-0.2, 0) is 5.41 Å². The lowest BCUT2D eigenvalue weighted by atomic mass is 9.90. The van der Waals surface area contributed by atoms with Crippen molar-refractivity contribution < 1.29 is 0 Å². The van der Waals surface area contributed by atoms with Crippen molar-refractivity contribution in [2.75, 3.05) is 0 Å². The number of nitrogens with zero attached hydrogens (tertiary/aromatic N) is 1. The van der Waals surface area contributed by atoms with Gasteiger partial charge < -0.3 is 0 Å². The number of halogens is 1. The second-order valence-electron chi connectivity index (χ2n) is 3.24. The van der Waals surface area contributed by atoms with E-state index in [9.17, 15) is 0 Å². The van der Waals surface area contributed by atoms with Gasteiger partial charge >= 0.3 is 0 Å². The Labute approximate surface area is 67.4 Å². The van der Waals surface area contributed by atoms with E-state index < -0.39 is 0 Å². The minimum atomic E-state index is 0. The largest absolute Gasteiger partial charge is 0.285 e. The molecule has 0 aliphatic heterocycles. The predicted octanol–water partition coefficient (Wildman–Crippen LogP) is 2.13. The first-order valence-corrected chi connectivity index (χ1v) is 3.10. The Bertz CT molecular complexity index is 174. The second kappa shape index (κ2) is 3.06. The lowest BCUT2D eigenvalue weighted by Gasteiger charge is -2.14. The molecule has 1 heterocycles. The van der Waals surface area contributed by atoms with Gasteiger partial charge in [0.1, 0.15) is 0 Å². The van der Waals surface area contributed by atoms with Gasteiger partial charge in [-0.2, -0.15) is 5.10 Å². The predicted molar refractivity (Wildman–Crippen MR) is 44.5 cm³/mol. The number of aromatic nitrogens is 2. The van der Waals surface area contributed by atoms with Gasteiger partial charge in [0.05, 0.1) is 6.20 Å². The van der Waals surface area contributed by atoms with Crippen molar-refractivity contribution in [1.82, 2.24) is 10.2 Å². The topological polar surface area (TPSA) is 28.7 Å². The Morgan fingerprint density at radius 3 is 2.20 bits per heavy atom. The van der Waals surface area contributed by atoms with Crippen LogP contribution in [0.4, 0.5) is 0 Å². The molecule has 0 aliphatic rings. The maximum Gasteiger partial charge on any atom is 0.0524 e. The van der Waals surface area contributed by atoms with Gasteiger partial charge in [0, 0.05) is 6.20 Å². The molecule has 0 saturated heterocycles. The highest BCUT2D eigenvalue weighted by molar-refractivity contribution is 5.85. The Balaban J connectivity index is 0.000000810. The lowest BCUT2D eigenvalue weighted by Crippen LogP contribution is -2.09. The smallest absolute Gasteiger partial charge is 0.0524 e. The highest BCUT2D eigenvalue weighted by Gasteiger charge is 2.13. The number of nitrogens with one attached hydrogen (secondary N) is 1. The van der Waals surface area contributed by atoms with Gasteiger partial charge in [0.2, 0.25) is 0 Å². The van der Waals surface area contributed by atoms with E-state index in [-0.39, 0.29) is 17.8 Å². The minimum Gasteiger partial charge on any atom is -0.285 e. The molecular weight excluding hydrogens is 148 g/mol. The maximum atomic E-state index is 3.86. The van der Waals surface area contributed by atoms with E-state index in [0.717, 1.165) is 0 Å². The van der Waals surface area contributed by atoms with E-state index in [4.69, 9.17) is 0 Å². The molecule has 0 aromatic carbocycles. The second-order valence-corrected chi connectivity index (χ2v) is 3.24. The number of aromatic amines is 1. The maximum absolute atomic E-state index is 3.86. The quantitative estimate of drug-likeness (QED) is 0.619. The third kappa shape index (κ3) is 2.03. The first kappa shape index (κ1) is 9.50. The highest BCUT2D eigenvalue weighted by Crippen LogP contribution is 2.19. The first-order valence-electron chi connectivity index (χ1n) is 3.10. The van der Waals surface area contributed by atoms with Crippen molar-refractivity contribution in [3.8, 4) is 0 Å². The SMILES string of the molecule is CC(C)(C)c1cn[nH]c1.Cl. The standard InChI is InChI=1S/C7H12N2.ClH/c1-7(2,3)6-4-8-9-5-6;/h4-5H,1-3H3,(H,8,9);1H. The zero-order valence-corrected chi connectivity index (χ0v) is 7.33. The summed E-state index contributed by atoms with van der Waals surface area (Å²) in [7, 11) is 0. The van der Waals surface area contributed by atoms with Gasteiger partial charge in [-0.25, -0.2) is 0 Å². The van der Waals surface area contributed by atoms with Crippen LogP contribution in [0.2, 0.25) is 0 Å². The molecule has 0 bridgehead atoms. The summed E-state index contributed by atoms with van der Waals surface area (Å²) in [6, 6.07) is 0. The summed E-state index contributed by atoms with van der Waals surface area (Å²) in [6.07, 6.45) is 3.79. The van der Waals surface area contributed by atoms with Crippen LogP contribution in [0.25, 0.3) is 0 Å². The molecule has 0 aliphatic carbocycles. The summed E-state index contributed by atoms with van der Waals surface area (Å²) in [5.74, 6) is 0. The molecule has 0 spiro atoms. The molecular formula is C7H13ClN2. The normalized spacial score (nSPS) is 10.7. The average Bonchev–Trinajstić information content (AvgIpc) is 2.08. The highest BCUT2D eigenvalue weighted by atomic mass is 35.5. The van der Waals surface area contributed by atoms with Crippen molar-refractivity contribution in [3.05, 3.63) is 18.0 Å². The minimum absolute atomic E-state index is 0. The van der Waals surface area contributed by atoms with Gasteiger partial charge in [0.15, 0.2) is 0 Å². The molecule has 0 amide bonds. The van der Waals surface area contributed by atoms with Crippen molar-refractivity contribution in [1.29, 1.82) is 0 Å². The molecule has 0 unspecified atom stereocenters. The zero-order valence-electron chi connectivity index (χ0n) is 6.51. The summed E-state index contributed by atoms with van der Waals surface area (Å²) < 4.78 is 0. The van der Waals surface area contributed by atoms with Gasteiger partial charge in [-0.15, -0.1) is 12.4 Å². The summed E-state index contributed by atoms with van der Waals surface area (Å²) in [4.78, 5) is 0. The van der Waals surface area contributed by atoms with E-state index in [1.165, 1.54) is 5.56 Å². The Morgan fingerprint density at radius 2 is 2.00 bits per heavy atom. The Morgan fingerprint density at radius 1 is 1.40 bits per heavy atom. The monoisotopic (exact) mass is 160 g/mol. The first-order chi connectivity index (χ1) is 4.11. The van der Waals surface area contributed by atoms with E-state index in [1.54, 1.807) is 0 Å². The van der Waals surface area contributed by atoms with E-state index in [1.807, 2.05) is 12.4 Å². The van der Waals surface area contributed by atoms with Crippen molar-refractivity contribution in [2.45, 2.75) is 26.2 Å². The van der Waals surface area contributed by atoms with Crippen LogP contribution in [-0.4, -0.2) is 10.2 Å². The zero-order chi connectivity index (χ0) is 6.91. The molecule has 0 saturated carbocycles. The van der Waals surface area contributed by atoms with Crippen LogP contribution in [0.5, 0.6) is 0 Å². The molecule has 0 atom stereocenters. The fraction of sp³-hybridized carbons (Fsp3) is 0.571. The molecule has 3 heteroatoms. The van der Waals surface area contributed by atoms with Crippen LogP contribution in [0.3, 0.4) is 0 Å². The summed E-state index contributed by atoms with van der Waals surface area (Å²) in [6.45, 7) is 6.49. The van der Waals surface area contributed by atoms with Crippen molar-refractivity contribution in [2.24, 2.45) is 0 Å². The van der Waals surface area contributed by atoms with E-state index in [0.29, 0.717) is 0 Å². The lowest BCUT2D eigenvalue weighted by molar-refractivity contribution is 0.590. The molecule has 2 nitrogen and oxygen atoms in total. The Kier molecular flexibility index (Phi) is 2.91. The molecule has 1 N–H and O–H groups in total. The van der Waals surface area contributed by atoms with E-state index >= 15 is 0 Å². The van der Waals surface area contributed by atoms with Crippen LogP contribution in [0.15, 0.2) is 12.4 Å². The van der Waals surface area contributed by atoms with Crippen molar-refractivity contribution in [3.63, 3.8) is 0 Å². The molecule has 0 radical (unpaired) electrons. The molecule has 1 aromatic heterocycles. The van der Waals surface area contributed by atoms with Gasteiger partial charge in [-0.3, -0.25) is 5.10 Å². The summed E-state index contributed by atoms with van der Waals surface area (Å²) in [5.41, 5.74) is 1.48. The van der Waals surface area contributed by atoms with Crippen LogP contribution < -0.4 is 0 Å². The van der Waals surface area contributed by atoms with Gasteiger partial charge in [-0.05, 0) is 11.0 Å². The summed E-state index contributed by atoms with van der Waals surface area (Å²) in [5, 5.41) is 6.65. The van der Waals surface area contributed by atoms with E-state index in [2.05, 4.69) is 31.0 Å². The average molecular weight is 161 g/mol. The van der Waals surface area contributed by atoms with Gasteiger partial charge in [0.25, 0.3) is 0 Å². The third-order valence-electron chi connectivity index (χ3n) is 1.36. The fourth-order valence-electron chi connectivity index (χ4n) is 0.661. The van der Waals surface area contributed by atoms with Crippen molar-refractivity contribution >= 4 is 12.4 Å². The van der Waals surface area contributed by atoms with Crippen LogP contribution in [0.1, 0.15) is 26.3 Å². The summed E-state index contributed by atoms with van der Waals surface area (Å²) >= 11 is 0.